The number of aryl methyl sites for hydroxylation is 1. The van der Waals surface area contributed by atoms with Gasteiger partial charge < -0.3 is 10.2 Å². The first-order valence-electron chi connectivity index (χ1n) is 13.5. The van der Waals surface area contributed by atoms with E-state index in [4.69, 9.17) is 0 Å². The molecule has 0 bridgehead atoms. The van der Waals surface area contributed by atoms with Gasteiger partial charge in [-0.1, -0.05) is 79.1 Å². The molecule has 1 atom stereocenters. The van der Waals surface area contributed by atoms with Gasteiger partial charge in [-0.05, 0) is 43.5 Å². The largest absolute Gasteiger partial charge is 0.352 e. The maximum absolute atomic E-state index is 14.8. The molecule has 0 spiro atoms. The van der Waals surface area contributed by atoms with Crippen LogP contribution in [0.4, 0.5) is 10.1 Å². The molecule has 40 heavy (non-hydrogen) atoms. The smallest absolute Gasteiger partial charge is 0.244 e. The number of amides is 2. The molecule has 212 valence electrons. The van der Waals surface area contributed by atoms with Gasteiger partial charge >= 0.3 is 0 Å². The Hall–Kier alpha value is -3.72. The van der Waals surface area contributed by atoms with Crippen molar-refractivity contribution in [3.8, 4) is 0 Å². The minimum Gasteiger partial charge on any atom is -0.352 e. The molecule has 4 rings (SSSR count). The second-order valence-electron chi connectivity index (χ2n) is 10.4. The third kappa shape index (κ3) is 7.69. The molecule has 0 aromatic heterocycles. The van der Waals surface area contributed by atoms with Gasteiger partial charge in [0.25, 0.3) is 0 Å². The number of hydrogen-bond donors (Lipinski definition) is 1. The van der Waals surface area contributed by atoms with Crippen molar-refractivity contribution < 1.29 is 22.4 Å². The average Bonchev–Trinajstić information content (AvgIpc) is 3.44. The maximum atomic E-state index is 14.8. The van der Waals surface area contributed by atoms with Crippen LogP contribution in [0.5, 0.6) is 0 Å². The first kappa shape index (κ1) is 29.3. The number of anilines is 1. The Balaban J connectivity index is 1.72. The van der Waals surface area contributed by atoms with E-state index in [9.17, 15) is 22.4 Å². The molecule has 3 aromatic carbocycles. The van der Waals surface area contributed by atoms with Crippen molar-refractivity contribution in [2.24, 2.45) is 0 Å². The highest BCUT2D eigenvalue weighted by Crippen LogP contribution is 2.23. The second kappa shape index (κ2) is 13.1. The predicted molar refractivity (Wildman–Crippen MR) is 155 cm³/mol. The van der Waals surface area contributed by atoms with Crippen LogP contribution in [-0.4, -0.2) is 50.0 Å². The lowest BCUT2D eigenvalue weighted by Gasteiger charge is -2.34. The van der Waals surface area contributed by atoms with Gasteiger partial charge in [0.2, 0.25) is 21.8 Å². The summed E-state index contributed by atoms with van der Waals surface area (Å²) in [6.45, 7) is 1.16. The number of rotatable bonds is 11. The Kier molecular flexibility index (Phi) is 9.58. The van der Waals surface area contributed by atoms with Crippen LogP contribution >= 0.6 is 0 Å². The van der Waals surface area contributed by atoms with Crippen LogP contribution in [0.15, 0.2) is 78.9 Å². The van der Waals surface area contributed by atoms with Gasteiger partial charge in [0.05, 0.1) is 11.9 Å². The molecule has 1 aliphatic carbocycles. The maximum Gasteiger partial charge on any atom is 0.244 e. The molecular weight excluding hydrogens is 529 g/mol. The van der Waals surface area contributed by atoms with Crippen molar-refractivity contribution in [3.05, 3.63) is 101 Å². The Morgan fingerprint density at radius 1 is 0.950 bits per heavy atom. The zero-order chi connectivity index (χ0) is 28.7. The van der Waals surface area contributed by atoms with E-state index in [1.165, 1.54) is 11.0 Å². The molecule has 0 saturated heterocycles. The molecule has 0 radical (unpaired) electrons. The number of hydrogen-bond acceptors (Lipinski definition) is 4. The van der Waals surface area contributed by atoms with E-state index in [-0.39, 0.29) is 30.5 Å². The quantitative estimate of drug-likeness (QED) is 0.368. The van der Waals surface area contributed by atoms with Gasteiger partial charge in [0.1, 0.15) is 18.4 Å². The Morgan fingerprint density at radius 2 is 1.57 bits per heavy atom. The molecule has 9 heteroatoms. The van der Waals surface area contributed by atoms with Crippen molar-refractivity contribution in [3.63, 3.8) is 0 Å². The molecule has 7 nitrogen and oxygen atoms in total. The van der Waals surface area contributed by atoms with Gasteiger partial charge in [-0.25, -0.2) is 12.8 Å². The van der Waals surface area contributed by atoms with Gasteiger partial charge in [0, 0.05) is 24.6 Å². The lowest BCUT2D eigenvalue weighted by molar-refractivity contribution is -0.140. The van der Waals surface area contributed by atoms with E-state index in [0.717, 1.165) is 47.4 Å². The molecule has 1 fully saturated rings. The van der Waals surface area contributed by atoms with Crippen LogP contribution in [0.25, 0.3) is 0 Å². The van der Waals surface area contributed by atoms with E-state index >= 15 is 0 Å². The fourth-order valence-electron chi connectivity index (χ4n) is 5.06. The zero-order valence-electron chi connectivity index (χ0n) is 22.9. The van der Waals surface area contributed by atoms with E-state index in [0.29, 0.717) is 5.69 Å². The summed E-state index contributed by atoms with van der Waals surface area (Å²) >= 11 is 0. The highest BCUT2D eigenvalue weighted by molar-refractivity contribution is 7.92. The van der Waals surface area contributed by atoms with Crippen LogP contribution in [0.2, 0.25) is 0 Å². The van der Waals surface area contributed by atoms with Crippen LogP contribution in [-0.2, 0) is 32.6 Å². The van der Waals surface area contributed by atoms with Crippen LogP contribution in [0.3, 0.4) is 0 Å². The SMILES string of the molecule is Cc1ccc(N(CC(=O)N(Cc2ccccc2F)[C@H](Cc2ccccc2)C(=O)NC2CCCC2)S(C)(=O)=O)cc1. The molecule has 3 aromatic rings. The number of nitrogens with zero attached hydrogens (tertiary/aromatic N) is 2. The van der Waals surface area contributed by atoms with Crippen molar-refractivity contribution in [1.29, 1.82) is 0 Å². The molecule has 0 unspecified atom stereocenters. The number of halogens is 1. The summed E-state index contributed by atoms with van der Waals surface area (Å²) < 4.78 is 41.5. The number of nitrogens with one attached hydrogen (secondary N) is 1. The number of carbonyl (C=O) groups excluding carboxylic acids is 2. The van der Waals surface area contributed by atoms with Gasteiger partial charge in [-0.15, -0.1) is 0 Å². The minimum absolute atomic E-state index is 0.0104. The van der Waals surface area contributed by atoms with E-state index < -0.39 is 34.3 Å². The first-order chi connectivity index (χ1) is 19.1. The van der Waals surface area contributed by atoms with E-state index in [1.54, 1.807) is 42.5 Å². The van der Waals surface area contributed by atoms with Crippen molar-refractivity contribution >= 4 is 27.5 Å². The molecule has 1 saturated carbocycles. The summed E-state index contributed by atoms with van der Waals surface area (Å²) in [7, 11) is -3.85. The summed E-state index contributed by atoms with van der Waals surface area (Å²) in [4.78, 5) is 29.2. The van der Waals surface area contributed by atoms with Crippen LogP contribution in [0, 0.1) is 12.7 Å². The standard InChI is InChI=1S/C31H36FN3O4S/c1-23-16-18-27(19-17-23)35(40(2,38)39)22-30(36)34(21-25-12-6-9-15-28(25)32)29(20-24-10-4-3-5-11-24)31(37)33-26-13-7-8-14-26/h3-6,9-12,15-19,26,29H,7-8,13-14,20-22H2,1-2H3,(H,33,37)/t29-/m1/s1. The molecule has 0 aliphatic heterocycles. The monoisotopic (exact) mass is 565 g/mol. The summed E-state index contributed by atoms with van der Waals surface area (Å²) in [5.74, 6) is -1.44. The Labute approximate surface area is 236 Å². The van der Waals surface area contributed by atoms with Crippen molar-refractivity contribution in [1.82, 2.24) is 10.2 Å². The normalized spacial score (nSPS) is 14.5. The highest BCUT2D eigenvalue weighted by atomic mass is 32.2. The fourth-order valence-corrected chi connectivity index (χ4v) is 5.91. The molecule has 1 N–H and O–H groups in total. The van der Waals surface area contributed by atoms with Gasteiger partial charge in [0.15, 0.2) is 0 Å². The van der Waals surface area contributed by atoms with Gasteiger partial charge in [-0.3, -0.25) is 13.9 Å². The average molecular weight is 566 g/mol. The Morgan fingerprint density at radius 3 is 2.20 bits per heavy atom. The summed E-state index contributed by atoms with van der Waals surface area (Å²) in [6.07, 6.45) is 5.00. The van der Waals surface area contributed by atoms with E-state index in [1.807, 2.05) is 37.3 Å². The summed E-state index contributed by atoms with van der Waals surface area (Å²) in [5, 5.41) is 3.10. The van der Waals surface area contributed by atoms with Crippen LogP contribution < -0.4 is 9.62 Å². The van der Waals surface area contributed by atoms with Crippen molar-refractivity contribution in [2.75, 3.05) is 17.1 Å². The Bertz CT molecular complexity index is 1410. The van der Waals surface area contributed by atoms with Gasteiger partial charge in [-0.2, -0.15) is 0 Å². The zero-order valence-corrected chi connectivity index (χ0v) is 23.7. The van der Waals surface area contributed by atoms with Crippen LogP contribution in [0.1, 0.15) is 42.4 Å². The second-order valence-corrected chi connectivity index (χ2v) is 12.3. The molecule has 2 amide bonds. The predicted octanol–water partition coefficient (Wildman–Crippen LogP) is 4.60. The molecular formula is C31H36FN3O4S. The highest BCUT2D eigenvalue weighted by Gasteiger charge is 2.34. The lowest BCUT2D eigenvalue weighted by Crippen LogP contribution is -2.54. The third-order valence-corrected chi connectivity index (χ3v) is 8.41. The minimum atomic E-state index is -3.85. The number of carbonyl (C=O) groups is 2. The molecule has 0 heterocycles. The summed E-state index contributed by atoms with van der Waals surface area (Å²) in [5.41, 5.74) is 2.35. The fraction of sp³-hybridized carbons (Fsp3) is 0.355. The topological polar surface area (TPSA) is 86.8 Å². The number of benzene rings is 3. The lowest BCUT2D eigenvalue weighted by atomic mass is 10.0. The number of sulfonamides is 1. The van der Waals surface area contributed by atoms with Crippen molar-refractivity contribution in [2.45, 2.75) is 57.7 Å². The summed E-state index contributed by atoms with van der Waals surface area (Å²) in [6, 6.07) is 21.3. The third-order valence-electron chi connectivity index (χ3n) is 7.27. The first-order valence-corrected chi connectivity index (χ1v) is 15.4. The van der Waals surface area contributed by atoms with E-state index in [2.05, 4.69) is 5.32 Å². The molecule has 1 aliphatic rings.